The second kappa shape index (κ2) is 6.52. The quantitative estimate of drug-likeness (QED) is 0.754. The van der Waals surface area contributed by atoms with Crippen molar-refractivity contribution >= 4 is 5.91 Å². The monoisotopic (exact) mass is 337 g/mol. The van der Waals surface area contributed by atoms with Crippen LogP contribution < -0.4 is 10.6 Å². The Kier molecular flexibility index (Phi) is 4.07. The number of aryl methyl sites for hydroxylation is 1. The zero-order valence-electron chi connectivity index (χ0n) is 13.9. The Morgan fingerprint density at radius 3 is 3.00 bits per heavy atom. The normalized spacial score (nSPS) is 16.4. The van der Waals surface area contributed by atoms with Crippen LogP contribution in [-0.4, -0.2) is 33.4 Å². The number of rotatable bonds is 4. The van der Waals surface area contributed by atoms with Crippen LogP contribution in [0.15, 0.2) is 47.1 Å². The molecule has 0 fully saturated rings. The highest BCUT2D eigenvalue weighted by Crippen LogP contribution is 2.18. The summed E-state index contributed by atoms with van der Waals surface area (Å²) in [6.45, 7) is 1.36. The van der Waals surface area contributed by atoms with Crippen molar-refractivity contribution in [3.05, 3.63) is 59.4 Å². The minimum absolute atomic E-state index is 0.209. The molecule has 3 aromatic rings. The molecule has 1 aromatic carbocycles. The maximum absolute atomic E-state index is 12.3. The van der Waals surface area contributed by atoms with E-state index in [1.54, 1.807) is 10.7 Å². The Bertz CT molecular complexity index is 898. The first-order valence-electron chi connectivity index (χ1n) is 8.24. The molecule has 4 rings (SSSR count). The van der Waals surface area contributed by atoms with Gasteiger partial charge in [0.2, 0.25) is 0 Å². The van der Waals surface area contributed by atoms with E-state index in [1.165, 1.54) is 11.1 Å². The number of nitrogens with zero attached hydrogens (tertiary/aromatic N) is 3. The second-order valence-corrected chi connectivity index (χ2v) is 6.21. The molecule has 0 spiro atoms. The predicted octanol–water partition coefficient (Wildman–Crippen LogP) is 1.52. The van der Waals surface area contributed by atoms with Gasteiger partial charge >= 0.3 is 0 Å². The lowest BCUT2D eigenvalue weighted by atomic mass is 9.96. The van der Waals surface area contributed by atoms with Crippen LogP contribution >= 0.6 is 0 Å². The van der Waals surface area contributed by atoms with Gasteiger partial charge in [-0.2, -0.15) is 5.10 Å². The molecule has 25 heavy (non-hydrogen) atoms. The molecule has 1 aliphatic heterocycles. The maximum Gasteiger partial charge on any atom is 0.273 e. The summed E-state index contributed by atoms with van der Waals surface area (Å²) < 4.78 is 6.89. The number of nitrogens with one attached hydrogen (secondary N) is 2. The maximum atomic E-state index is 12.3. The third-order valence-electron chi connectivity index (χ3n) is 4.38. The first kappa shape index (κ1) is 15.6. The van der Waals surface area contributed by atoms with E-state index in [0.717, 1.165) is 13.0 Å². The average molecular weight is 337 g/mol. The summed E-state index contributed by atoms with van der Waals surface area (Å²) in [7, 11) is 1.82. The molecule has 0 bridgehead atoms. The summed E-state index contributed by atoms with van der Waals surface area (Å²) in [6.07, 6.45) is 2.71. The number of carbonyl (C=O) groups excluding carboxylic acids is 1. The van der Waals surface area contributed by atoms with Gasteiger partial charge in [0.05, 0.1) is 0 Å². The van der Waals surface area contributed by atoms with Gasteiger partial charge in [0, 0.05) is 38.4 Å². The van der Waals surface area contributed by atoms with Crippen LogP contribution in [0, 0.1) is 0 Å². The van der Waals surface area contributed by atoms with Gasteiger partial charge < -0.3 is 15.2 Å². The van der Waals surface area contributed by atoms with Crippen molar-refractivity contribution in [3.63, 3.8) is 0 Å². The lowest BCUT2D eigenvalue weighted by molar-refractivity contribution is 0.0940. The van der Waals surface area contributed by atoms with Crippen molar-refractivity contribution in [3.8, 4) is 11.5 Å². The molecule has 3 heterocycles. The van der Waals surface area contributed by atoms with Crippen molar-refractivity contribution < 1.29 is 9.32 Å². The molecule has 1 aliphatic rings. The zero-order valence-corrected chi connectivity index (χ0v) is 13.9. The number of carbonyl (C=O) groups is 1. The number of fused-ring (bicyclic) bond motifs is 1. The lowest BCUT2D eigenvalue weighted by Gasteiger charge is -2.26. The summed E-state index contributed by atoms with van der Waals surface area (Å²) in [5, 5.41) is 14.4. The minimum atomic E-state index is -0.244. The van der Waals surface area contributed by atoms with Crippen molar-refractivity contribution in [1.82, 2.24) is 25.6 Å². The van der Waals surface area contributed by atoms with E-state index in [1.807, 2.05) is 31.4 Å². The second-order valence-electron chi connectivity index (χ2n) is 6.21. The van der Waals surface area contributed by atoms with E-state index >= 15 is 0 Å². The largest absolute Gasteiger partial charge is 0.354 e. The predicted molar refractivity (Wildman–Crippen MR) is 91.8 cm³/mol. The van der Waals surface area contributed by atoms with Crippen molar-refractivity contribution in [2.45, 2.75) is 19.0 Å². The molecule has 0 saturated carbocycles. The van der Waals surface area contributed by atoms with Gasteiger partial charge in [0.15, 0.2) is 11.5 Å². The number of amides is 1. The van der Waals surface area contributed by atoms with Crippen molar-refractivity contribution in [2.75, 3.05) is 6.54 Å². The van der Waals surface area contributed by atoms with Gasteiger partial charge in [-0.3, -0.25) is 9.48 Å². The molecule has 2 aromatic heterocycles. The highest BCUT2D eigenvalue weighted by atomic mass is 16.5. The van der Waals surface area contributed by atoms with Gasteiger partial charge in [-0.05, 0) is 23.6 Å². The van der Waals surface area contributed by atoms with E-state index in [4.69, 9.17) is 4.52 Å². The van der Waals surface area contributed by atoms with Crippen LogP contribution in [0.25, 0.3) is 11.5 Å². The lowest BCUT2D eigenvalue weighted by Crippen LogP contribution is -2.44. The van der Waals surface area contributed by atoms with E-state index in [0.29, 0.717) is 18.0 Å². The fourth-order valence-corrected chi connectivity index (χ4v) is 3.02. The van der Waals surface area contributed by atoms with Crippen LogP contribution in [0.5, 0.6) is 0 Å². The average Bonchev–Trinajstić information content (AvgIpc) is 3.28. The Morgan fingerprint density at radius 1 is 1.36 bits per heavy atom. The molecular formula is C18H19N5O2. The van der Waals surface area contributed by atoms with Crippen LogP contribution in [-0.2, 0) is 20.0 Å². The number of aromatic nitrogens is 3. The number of hydrogen-bond acceptors (Lipinski definition) is 5. The topological polar surface area (TPSA) is 85.0 Å². The molecule has 2 N–H and O–H groups in total. The molecule has 0 saturated heterocycles. The summed E-state index contributed by atoms with van der Waals surface area (Å²) in [6, 6.07) is 12.0. The zero-order chi connectivity index (χ0) is 17.2. The molecule has 7 heteroatoms. The van der Waals surface area contributed by atoms with Gasteiger partial charge in [-0.15, -0.1) is 0 Å². The van der Waals surface area contributed by atoms with Crippen LogP contribution in [0.3, 0.4) is 0 Å². The third kappa shape index (κ3) is 3.32. The number of hydrogen-bond donors (Lipinski definition) is 2. The van der Waals surface area contributed by atoms with E-state index < -0.39 is 0 Å². The molecule has 1 atom stereocenters. The molecule has 0 aliphatic carbocycles. The highest BCUT2D eigenvalue weighted by Gasteiger charge is 2.20. The van der Waals surface area contributed by atoms with Gasteiger partial charge in [0.25, 0.3) is 5.91 Å². The molecule has 1 amide bonds. The summed E-state index contributed by atoms with van der Waals surface area (Å²) in [4.78, 5) is 12.3. The number of benzene rings is 1. The van der Waals surface area contributed by atoms with Crippen LogP contribution in [0.1, 0.15) is 21.6 Å². The van der Waals surface area contributed by atoms with Crippen LogP contribution in [0.4, 0.5) is 0 Å². The smallest absolute Gasteiger partial charge is 0.273 e. The van der Waals surface area contributed by atoms with Crippen molar-refractivity contribution in [1.29, 1.82) is 0 Å². The van der Waals surface area contributed by atoms with Gasteiger partial charge in [-0.25, -0.2) is 0 Å². The van der Waals surface area contributed by atoms with E-state index in [-0.39, 0.29) is 17.6 Å². The molecule has 1 unspecified atom stereocenters. The van der Waals surface area contributed by atoms with E-state index in [2.05, 4.69) is 33.0 Å². The summed E-state index contributed by atoms with van der Waals surface area (Å²) in [5.41, 5.74) is 3.57. The third-order valence-corrected chi connectivity index (χ3v) is 4.38. The Hall–Kier alpha value is -2.93. The Labute approximate surface area is 145 Å². The fourth-order valence-electron chi connectivity index (χ4n) is 3.02. The molecular weight excluding hydrogens is 318 g/mol. The molecule has 128 valence electrons. The van der Waals surface area contributed by atoms with Gasteiger partial charge in [0.1, 0.15) is 5.69 Å². The first-order chi connectivity index (χ1) is 12.2. The molecule has 7 nitrogen and oxygen atoms in total. The highest BCUT2D eigenvalue weighted by molar-refractivity contribution is 5.92. The minimum Gasteiger partial charge on any atom is -0.354 e. The summed E-state index contributed by atoms with van der Waals surface area (Å²) >= 11 is 0. The summed E-state index contributed by atoms with van der Waals surface area (Å²) in [5.74, 6) is 0.238. The molecule has 0 radical (unpaired) electrons. The fraction of sp³-hybridized carbons (Fsp3) is 0.278. The van der Waals surface area contributed by atoms with Crippen molar-refractivity contribution in [2.24, 2.45) is 7.05 Å². The Balaban J connectivity index is 1.36. The van der Waals surface area contributed by atoms with Gasteiger partial charge in [-0.1, -0.05) is 29.4 Å². The first-order valence-corrected chi connectivity index (χ1v) is 8.24. The SMILES string of the molecule is Cn1ccc(-c2cc(C(=O)NCC3Cc4ccccc4CN3)no2)n1. The van der Waals surface area contributed by atoms with Crippen LogP contribution in [0.2, 0.25) is 0 Å². The Morgan fingerprint density at radius 2 is 2.20 bits per heavy atom. The standard InChI is InChI=1S/C18H19N5O2/c1-23-7-6-15(21-23)17-9-16(22-25-17)18(24)20-11-14-8-12-4-2-3-5-13(12)10-19-14/h2-7,9,14,19H,8,10-11H2,1H3,(H,20,24). The van der Waals surface area contributed by atoms with E-state index in [9.17, 15) is 4.79 Å².